The number of amides is 1. The fraction of sp³-hybridized carbons (Fsp3) is 0.438. The van der Waals surface area contributed by atoms with Crippen LogP contribution in [0.25, 0.3) is 10.9 Å². The standard InChI is InChI=1S/C16H20F2N4O/c1-7-8(2)21-14-11(16(20)23)4-12(18)15(13(7)14)22-5-9(17)3-10(19)6-22/h4,9-10,21H,3,5-6,19H2,1-2H3,(H2,20,23)/t9-,10+/m1/s1. The zero-order valence-electron chi connectivity index (χ0n) is 13.1. The number of nitrogens with one attached hydrogen (secondary N) is 1. The van der Waals surface area contributed by atoms with Gasteiger partial charge in [0.2, 0.25) is 0 Å². The summed E-state index contributed by atoms with van der Waals surface area (Å²) in [5.41, 5.74) is 13.7. The third-order valence-electron chi connectivity index (χ3n) is 4.52. The number of rotatable bonds is 2. The van der Waals surface area contributed by atoms with E-state index in [1.54, 1.807) is 4.90 Å². The molecule has 0 bridgehead atoms. The first kappa shape index (κ1) is 15.7. The summed E-state index contributed by atoms with van der Waals surface area (Å²) in [5.74, 6) is -1.30. The molecule has 1 aromatic carbocycles. The minimum Gasteiger partial charge on any atom is -0.366 e. The summed E-state index contributed by atoms with van der Waals surface area (Å²) in [5, 5.41) is 0.567. The summed E-state index contributed by atoms with van der Waals surface area (Å²) >= 11 is 0. The molecule has 7 heteroatoms. The van der Waals surface area contributed by atoms with Crippen molar-refractivity contribution in [3.05, 3.63) is 28.7 Å². The maximum atomic E-state index is 14.7. The number of hydrogen-bond donors (Lipinski definition) is 3. The van der Waals surface area contributed by atoms with Crippen LogP contribution in [0.3, 0.4) is 0 Å². The van der Waals surface area contributed by atoms with Gasteiger partial charge in [-0.1, -0.05) is 0 Å². The highest BCUT2D eigenvalue weighted by Crippen LogP contribution is 2.37. The van der Waals surface area contributed by atoms with Crippen molar-refractivity contribution in [1.29, 1.82) is 0 Å². The lowest BCUT2D eigenvalue weighted by Crippen LogP contribution is -2.48. The molecule has 5 N–H and O–H groups in total. The molecular weight excluding hydrogens is 302 g/mol. The van der Waals surface area contributed by atoms with Crippen molar-refractivity contribution in [2.75, 3.05) is 18.0 Å². The Bertz CT molecular complexity index is 776. The van der Waals surface area contributed by atoms with Gasteiger partial charge in [0.1, 0.15) is 12.0 Å². The van der Waals surface area contributed by atoms with Gasteiger partial charge in [0.25, 0.3) is 5.91 Å². The molecule has 124 valence electrons. The van der Waals surface area contributed by atoms with E-state index in [-0.39, 0.29) is 30.3 Å². The van der Waals surface area contributed by atoms with Gasteiger partial charge in [0.15, 0.2) is 0 Å². The highest BCUT2D eigenvalue weighted by Gasteiger charge is 2.30. The number of alkyl halides is 1. The van der Waals surface area contributed by atoms with Crippen LogP contribution < -0.4 is 16.4 Å². The smallest absolute Gasteiger partial charge is 0.250 e. The second kappa shape index (κ2) is 5.49. The molecule has 1 aliphatic heterocycles. The summed E-state index contributed by atoms with van der Waals surface area (Å²) in [4.78, 5) is 16.3. The molecule has 1 aromatic heterocycles. The lowest BCUT2D eigenvalue weighted by molar-refractivity contribution is 0.100. The molecule has 0 radical (unpaired) electrons. The third-order valence-corrected chi connectivity index (χ3v) is 4.52. The largest absolute Gasteiger partial charge is 0.366 e. The number of carbonyl (C=O) groups is 1. The summed E-state index contributed by atoms with van der Waals surface area (Å²) in [6.07, 6.45) is -0.837. The van der Waals surface area contributed by atoms with E-state index in [4.69, 9.17) is 11.5 Å². The molecule has 2 aromatic rings. The average Bonchev–Trinajstić information content (AvgIpc) is 2.73. The van der Waals surface area contributed by atoms with E-state index in [0.717, 1.165) is 17.3 Å². The van der Waals surface area contributed by atoms with Crippen LogP contribution in [-0.4, -0.2) is 36.2 Å². The van der Waals surface area contributed by atoms with Gasteiger partial charge in [0, 0.05) is 30.2 Å². The molecule has 1 saturated heterocycles. The van der Waals surface area contributed by atoms with E-state index < -0.39 is 17.9 Å². The normalized spacial score (nSPS) is 21.9. The van der Waals surface area contributed by atoms with Crippen molar-refractivity contribution in [1.82, 2.24) is 4.98 Å². The van der Waals surface area contributed by atoms with Crippen LogP contribution in [0.15, 0.2) is 6.07 Å². The Labute approximate surface area is 132 Å². The number of hydrogen-bond acceptors (Lipinski definition) is 3. The second-order valence-electron chi connectivity index (χ2n) is 6.24. The third kappa shape index (κ3) is 2.55. The monoisotopic (exact) mass is 322 g/mol. The van der Waals surface area contributed by atoms with E-state index in [0.29, 0.717) is 17.4 Å². The SMILES string of the molecule is Cc1[nH]c2c(C(N)=O)cc(F)c(N3C[C@@H](N)C[C@@H](F)C3)c2c1C. The van der Waals surface area contributed by atoms with E-state index in [1.807, 2.05) is 13.8 Å². The molecule has 0 aliphatic carbocycles. The number of anilines is 1. The number of aromatic nitrogens is 1. The number of aryl methyl sites for hydroxylation is 2. The zero-order valence-corrected chi connectivity index (χ0v) is 13.1. The Hall–Kier alpha value is -2.15. The van der Waals surface area contributed by atoms with Crippen molar-refractivity contribution in [3.63, 3.8) is 0 Å². The number of carbonyl (C=O) groups excluding carboxylic acids is 1. The molecule has 0 saturated carbocycles. The van der Waals surface area contributed by atoms with Gasteiger partial charge < -0.3 is 21.4 Å². The maximum absolute atomic E-state index is 14.7. The zero-order chi connectivity index (χ0) is 16.9. The van der Waals surface area contributed by atoms with Gasteiger partial charge >= 0.3 is 0 Å². The number of halogens is 2. The van der Waals surface area contributed by atoms with Gasteiger partial charge in [-0.2, -0.15) is 0 Å². The molecule has 23 heavy (non-hydrogen) atoms. The first-order valence-electron chi connectivity index (χ1n) is 7.55. The summed E-state index contributed by atoms with van der Waals surface area (Å²) in [6, 6.07) is 0.757. The summed E-state index contributed by atoms with van der Waals surface area (Å²) in [7, 11) is 0. The Morgan fingerprint density at radius 2 is 2.09 bits per heavy atom. The first-order chi connectivity index (χ1) is 10.8. The number of aromatic amines is 1. The van der Waals surface area contributed by atoms with E-state index in [2.05, 4.69) is 4.98 Å². The number of H-pyrrole nitrogens is 1. The number of fused-ring (bicyclic) bond motifs is 1. The number of piperidine rings is 1. The van der Waals surface area contributed by atoms with Gasteiger partial charge in [-0.05, 0) is 31.9 Å². The molecule has 1 aliphatic rings. The predicted octanol–water partition coefficient (Wildman–Crippen LogP) is 1.90. The molecule has 0 unspecified atom stereocenters. The minimum absolute atomic E-state index is 0.0826. The van der Waals surface area contributed by atoms with Crippen LogP contribution in [0.4, 0.5) is 14.5 Å². The molecule has 2 heterocycles. The quantitative estimate of drug-likeness (QED) is 0.789. The molecule has 1 amide bonds. The molecular formula is C16H20F2N4O. The minimum atomic E-state index is -1.11. The van der Waals surface area contributed by atoms with Crippen LogP contribution in [0.5, 0.6) is 0 Å². The van der Waals surface area contributed by atoms with Crippen molar-refractivity contribution in [2.45, 2.75) is 32.5 Å². The lowest BCUT2D eigenvalue weighted by atomic mass is 10.00. The molecule has 1 fully saturated rings. The average molecular weight is 322 g/mol. The van der Waals surface area contributed by atoms with Crippen molar-refractivity contribution >= 4 is 22.5 Å². The predicted molar refractivity (Wildman–Crippen MR) is 86.0 cm³/mol. The lowest BCUT2D eigenvalue weighted by Gasteiger charge is -2.35. The van der Waals surface area contributed by atoms with Gasteiger partial charge in [-0.25, -0.2) is 8.78 Å². The first-order valence-corrected chi connectivity index (χ1v) is 7.55. The topological polar surface area (TPSA) is 88.1 Å². The maximum Gasteiger partial charge on any atom is 0.250 e. The van der Waals surface area contributed by atoms with Crippen LogP contribution >= 0.6 is 0 Å². The summed E-state index contributed by atoms with van der Waals surface area (Å²) in [6.45, 7) is 4.12. The van der Waals surface area contributed by atoms with Crippen LogP contribution in [0, 0.1) is 19.7 Å². The fourth-order valence-electron chi connectivity index (χ4n) is 3.36. The van der Waals surface area contributed by atoms with Crippen molar-refractivity contribution < 1.29 is 13.6 Å². The molecule has 5 nitrogen and oxygen atoms in total. The van der Waals surface area contributed by atoms with Gasteiger partial charge in [-0.15, -0.1) is 0 Å². The Balaban J connectivity index is 2.26. The highest BCUT2D eigenvalue weighted by atomic mass is 19.1. The van der Waals surface area contributed by atoms with Crippen LogP contribution in [-0.2, 0) is 0 Å². The van der Waals surface area contributed by atoms with E-state index in [1.165, 1.54) is 0 Å². The van der Waals surface area contributed by atoms with Gasteiger partial charge in [-0.3, -0.25) is 4.79 Å². The van der Waals surface area contributed by atoms with E-state index >= 15 is 0 Å². The summed E-state index contributed by atoms with van der Waals surface area (Å²) < 4.78 is 28.6. The van der Waals surface area contributed by atoms with Gasteiger partial charge in [0.05, 0.1) is 16.8 Å². The van der Waals surface area contributed by atoms with Crippen molar-refractivity contribution in [3.8, 4) is 0 Å². The fourth-order valence-corrected chi connectivity index (χ4v) is 3.36. The number of benzene rings is 1. The highest BCUT2D eigenvalue weighted by molar-refractivity contribution is 6.10. The molecule has 2 atom stereocenters. The number of nitrogens with two attached hydrogens (primary N) is 2. The number of nitrogens with zero attached hydrogens (tertiary/aromatic N) is 1. The van der Waals surface area contributed by atoms with E-state index in [9.17, 15) is 13.6 Å². The Morgan fingerprint density at radius 3 is 2.70 bits per heavy atom. The van der Waals surface area contributed by atoms with Crippen LogP contribution in [0.2, 0.25) is 0 Å². The molecule has 3 rings (SSSR count). The van der Waals surface area contributed by atoms with Crippen LogP contribution in [0.1, 0.15) is 28.0 Å². The second-order valence-corrected chi connectivity index (χ2v) is 6.24. The Morgan fingerprint density at radius 1 is 1.39 bits per heavy atom. The Kier molecular flexibility index (Phi) is 3.75. The molecule has 0 spiro atoms. The van der Waals surface area contributed by atoms with Crippen molar-refractivity contribution in [2.24, 2.45) is 11.5 Å². The number of primary amides is 1.